The summed E-state index contributed by atoms with van der Waals surface area (Å²) in [5, 5.41) is 89.7. The van der Waals surface area contributed by atoms with Crippen LogP contribution in [0.5, 0.6) is 0 Å². The van der Waals surface area contributed by atoms with Crippen LogP contribution in [0.3, 0.4) is 0 Å². The van der Waals surface area contributed by atoms with Crippen LogP contribution in [0.2, 0.25) is 0 Å². The Balaban J connectivity index is 2.20. The third-order valence-corrected chi connectivity index (χ3v) is 5.52. The molecule has 2 rings (SSSR count). The van der Waals surface area contributed by atoms with Gasteiger partial charge in [0.05, 0.1) is 18.8 Å². The second-order valence-electron chi connectivity index (χ2n) is 7.95. The van der Waals surface area contributed by atoms with Gasteiger partial charge in [0.25, 0.3) is 0 Å². The normalized spacial score (nSPS) is 44.5. The highest BCUT2D eigenvalue weighted by Crippen LogP contribution is 2.30. The maximum Gasteiger partial charge on any atom is 0.187 e. The predicted molar refractivity (Wildman–Crippen MR) is 99.6 cm³/mol. The topological polar surface area (TPSA) is 236 Å². The maximum atomic E-state index is 11.0. The molecule has 0 radical (unpaired) electrons. The number of hydrogen-bond acceptors (Lipinski definition) is 14. The number of rotatable bonds is 9. The summed E-state index contributed by atoms with van der Waals surface area (Å²) in [6.07, 6.45) is -22.7. The number of aliphatic hydroxyl groups excluding tert-OH is 9. The molecule has 0 aromatic carbocycles. The minimum atomic E-state index is -1.90. The van der Waals surface area contributed by atoms with Crippen LogP contribution >= 0.6 is 0 Å². The van der Waals surface area contributed by atoms with Gasteiger partial charge in [-0.25, -0.2) is 0 Å². The van der Waals surface area contributed by atoms with E-state index in [2.05, 4.69) is 0 Å². The van der Waals surface area contributed by atoms with Crippen molar-refractivity contribution in [1.29, 1.82) is 0 Å². The highest BCUT2D eigenvalue weighted by Gasteiger charge is 2.51. The second kappa shape index (κ2) is 11.5. The molecule has 0 aromatic rings. The van der Waals surface area contributed by atoms with Crippen LogP contribution in [-0.4, -0.2) is 145 Å². The molecular weight excluding hydrogens is 440 g/mol. The van der Waals surface area contributed by atoms with Crippen LogP contribution in [0, 0.1) is 0 Å². The van der Waals surface area contributed by atoms with Gasteiger partial charge in [-0.3, -0.25) is 0 Å². The third kappa shape index (κ3) is 5.79. The smallest absolute Gasteiger partial charge is 0.187 e. The molecule has 14 heteroatoms. The van der Waals surface area contributed by atoms with E-state index in [0.717, 1.165) is 0 Å². The fourth-order valence-corrected chi connectivity index (χ4v) is 3.47. The quantitative estimate of drug-likeness (QED) is 0.142. The zero-order valence-electron chi connectivity index (χ0n) is 17.4. The zero-order chi connectivity index (χ0) is 24.3. The van der Waals surface area contributed by atoms with E-state index in [1.807, 2.05) is 0 Å². The largest absolute Gasteiger partial charge is 0.394 e. The van der Waals surface area contributed by atoms with Gasteiger partial charge in [-0.1, -0.05) is 0 Å². The fraction of sp³-hybridized carbons (Fsp3) is 0.944. The fourth-order valence-electron chi connectivity index (χ4n) is 3.47. The first-order chi connectivity index (χ1) is 14.9. The van der Waals surface area contributed by atoms with Crippen molar-refractivity contribution in [3.05, 3.63) is 0 Å². The molecule has 0 saturated carbocycles. The van der Waals surface area contributed by atoms with Crippen molar-refractivity contribution in [2.75, 3.05) is 6.61 Å². The monoisotopic (exact) mass is 472 g/mol. The Labute approximate surface area is 183 Å². The van der Waals surface area contributed by atoms with Crippen LogP contribution in [0.15, 0.2) is 0 Å². The number of carbonyl (C=O) groups excluding carboxylic acids is 1. The summed E-state index contributed by atoms with van der Waals surface area (Å²) in [4.78, 5) is 11.0. The molecule has 2 fully saturated rings. The average Bonchev–Trinajstić information content (AvgIpc) is 2.76. The summed E-state index contributed by atoms with van der Waals surface area (Å²) in [5.41, 5.74) is 0. The number of hydrogen-bond donors (Lipinski definition) is 9. The third-order valence-electron chi connectivity index (χ3n) is 5.52. The highest BCUT2D eigenvalue weighted by atomic mass is 16.7. The van der Waals surface area contributed by atoms with Crippen molar-refractivity contribution in [2.24, 2.45) is 0 Å². The van der Waals surface area contributed by atoms with E-state index >= 15 is 0 Å². The van der Waals surface area contributed by atoms with Crippen molar-refractivity contribution in [1.82, 2.24) is 0 Å². The first-order valence-corrected chi connectivity index (χ1v) is 10.1. The van der Waals surface area contributed by atoms with E-state index in [4.69, 9.17) is 18.9 Å². The maximum absolute atomic E-state index is 11.0. The van der Waals surface area contributed by atoms with Crippen LogP contribution in [0.25, 0.3) is 0 Å². The Hall–Kier alpha value is -0.850. The minimum absolute atomic E-state index is 0.0473. The molecule has 0 aliphatic carbocycles. The van der Waals surface area contributed by atoms with Crippen molar-refractivity contribution in [3.8, 4) is 0 Å². The molecule has 0 spiro atoms. The SMILES string of the molecule is C[C@H](O)[C@H](O)[C@@H](O[C@@H]1O[C@@H](C)[C@H](O)[C@@H](O[C@H]2O[C@H](CO)[C@@H](O)[C@H](O)[C@H]2O)[C@H]1O)[C@@H](O)C=O. The van der Waals surface area contributed by atoms with E-state index in [1.165, 1.54) is 13.8 Å². The number of aliphatic hydroxyl groups is 9. The molecule has 14 atom stereocenters. The molecule has 0 bridgehead atoms. The molecule has 2 heterocycles. The van der Waals surface area contributed by atoms with E-state index in [0.29, 0.717) is 0 Å². The molecule has 9 N–H and O–H groups in total. The lowest BCUT2D eigenvalue weighted by Crippen LogP contribution is -2.64. The van der Waals surface area contributed by atoms with Gasteiger partial charge < -0.3 is 69.7 Å². The summed E-state index contributed by atoms with van der Waals surface area (Å²) in [6, 6.07) is 0. The summed E-state index contributed by atoms with van der Waals surface area (Å²) in [5.74, 6) is 0. The van der Waals surface area contributed by atoms with E-state index in [9.17, 15) is 50.8 Å². The second-order valence-corrected chi connectivity index (χ2v) is 7.95. The average molecular weight is 472 g/mol. The lowest BCUT2D eigenvalue weighted by atomic mass is 9.97. The van der Waals surface area contributed by atoms with Gasteiger partial charge in [0.2, 0.25) is 0 Å². The van der Waals surface area contributed by atoms with Crippen molar-refractivity contribution in [3.63, 3.8) is 0 Å². The Bertz CT molecular complexity index is 590. The van der Waals surface area contributed by atoms with Crippen LogP contribution in [-0.2, 0) is 23.7 Å². The molecule has 188 valence electrons. The molecule has 0 aromatic heterocycles. The molecule has 32 heavy (non-hydrogen) atoms. The number of ether oxygens (including phenoxy) is 4. The summed E-state index contributed by atoms with van der Waals surface area (Å²) >= 11 is 0. The molecular formula is C18H32O14. The Kier molecular flexibility index (Phi) is 9.87. The molecule has 2 aliphatic heterocycles. The lowest BCUT2D eigenvalue weighted by Gasteiger charge is -2.46. The molecule has 2 aliphatic rings. The molecule has 2 saturated heterocycles. The number of carbonyl (C=O) groups is 1. The predicted octanol–water partition coefficient (Wildman–Crippen LogP) is -5.68. The van der Waals surface area contributed by atoms with E-state index in [-0.39, 0.29) is 6.29 Å². The van der Waals surface area contributed by atoms with Crippen LogP contribution in [0.1, 0.15) is 13.8 Å². The van der Waals surface area contributed by atoms with Gasteiger partial charge in [0, 0.05) is 0 Å². The zero-order valence-corrected chi connectivity index (χ0v) is 17.4. The van der Waals surface area contributed by atoms with Crippen LogP contribution in [0.4, 0.5) is 0 Å². The van der Waals surface area contributed by atoms with Gasteiger partial charge in [-0.2, -0.15) is 0 Å². The van der Waals surface area contributed by atoms with E-state index < -0.39 is 92.4 Å². The van der Waals surface area contributed by atoms with Crippen molar-refractivity contribution >= 4 is 6.29 Å². The van der Waals surface area contributed by atoms with Gasteiger partial charge in [-0.15, -0.1) is 0 Å². The Morgan fingerprint density at radius 1 is 0.906 bits per heavy atom. The van der Waals surface area contributed by atoms with Gasteiger partial charge in [0.1, 0.15) is 61.0 Å². The molecule has 0 amide bonds. The Morgan fingerprint density at radius 2 is 1.53 bits per heavy atom. The van der Waals surface area contributed by atoms with Crippen molar-refractivity contribution in [2.45, 2.75) is 99.7 Å². The summed E-state index contributed by atoms with van der Waals surface area (Å²) in [7, 11) is 0. The lowest BCUT2D eigenvalue weighted by molar-refractivity contribution is -0.364. The first kappa shape index (κ1) is 27.4. The van der Waals surface area contributed by atoms with Gasteiger partial charge >= 0.3 is 0 Å². The van der Waals surface area contributed by atoms with Crippen LogP contribution < -0.4 is 0 Å². The van der Waals surface area contributed by atoms with Gasteiger partial charge in [-0.05, 0) is 13.8 Å². The first-order valence-electron chi connectivity index (χ1n) is 10.1. The van der Waals surface area contributed by atoms with Crippen molar-refractivity contribution < 1.29 is 69.7 Å². The Morgan fingerprint density at radius 3 is 2.06 bits per heavy atom. The number of aldehydes is 1. The van der Waals surface area contributed by atoms with Gasteiger partial charge in [0.15, 0.2) is 18.9 Å². The summed E-state index contributed by atoms with van der Waals surface area (Å²) < 4.78 is 21.3. The minimum Gasteiger partial charge on any atom is -0.394 e. The van der Waals surface area contributed by atoms with E-state index in [1.54, 1.807) is 0 Å². The highest BCUT2D eigenvalue weighted by molar-refractivity contribution is 5.56. The molecule has 14 nitrogen and oxygen atoms in total. The summed E-state index contributed by atoms with van der Waals surface area (Å²) in [6.45, 7) is 1.81. The standard InChI is InChI=1S/C18H32O14/c1-5(21)9(23)15(7(22)3-19)31-18-14(28)16(10(24)6(2)29-18)32-17-13(27)12(26)11(25)8(4-20)30-17/h3,5-18,20-28H,4H2,1-2H3/t5-,6-,7-,8+,9-,10-,11+,12-,13+,14+,15-,16+,17+,18-/m0/s1. The molecule has 0 unspecified atom stereocenters.